The lowest BCUT2D eigenvalue weighted by molar-refractivity contribution is 0.355. The van der Waals surface area contributed by atoms with Crippen LogP contribution in [0.25, 0.3) is 0 Å². The number of hydrogen-bond acceptors (Lipinski definition) is 3. The van der Waals surface area contributed by atoms with Crippen molar-refractivity contribution in [3.63, 3.8) is 0 Å². The van der Waals surface area contributed by atoms with Gasteiger partial charge in [0.05, 0.1) is 0 Å². The quantitative estimate of drug-likeness (QED) is 0.666. The van der Waals surface area contributed by atoms with E-state index < -0.39 is 0 Å². The third-order valence-corrected chi connectivity index (χ3v) is 3.55. The van der Waals surface area contributed by atoms with Crippen LogP contribution >= 0.6 is 36.7 Å². The van der Waals surface area contributed by atoms with Crippen LogP contribution in [0.2, 0.25) is 0 Å². The van der Waals surface area contributed by atoms with Crippen molar-refractivity contribution in [3.8, 4) is 0 Å². The first-order valence-corrected chi connectivity index (χ1v) is 5.57. The van der Waals surface area contributed by atoms with Gasteiger partial charge in [0.25, 0.3) is 0 Å². The van der Waals surface area contributed by atoms with Crippen molar-refractivity contribution in [1.29, 1.82) is 0 Å². The highest BCUT2D eigenvalue weighted by Crippen LogP contribution is 2.30. The normalized spacial score (nSPS) is 35.5. The predicted molar refractivity (Wildman–Crippen MR) is 65.3 cm³/mol. The van der Waals surface area contributed by atoms with Gasteiger partial charge in [-0.05, 0) is 53.1 Å². The van der Waals surface area contributed by atoms with Gasteiger partial charge in [-0.15, -0.1) is 0 Å². The van der Waals surface area contributed by atoms with Crippen molar-refractivity contribution < 1.29 is 0 Å². The van der Waals surface area contributed by atoms with Crippen LogP contribution in [0.15, 0.2) is 0 Å². The van der Waals surface area contributed by atoms with E-state index in [-0.39, 0.29) is 0 Å². The van der Waals surface area contributed by atoms with Crippen LogP contribution in [0.3, 0.4) is 0 Å². The molecule has 1 aliphatic rings. The molecule has 0 N–H and O–H groups in total. The molecule has 0 aromatic rings. The van der Waals surface area contributed by atoms with Crippen LogP contribution in [0.5, 0.6) is 0 Å². The molecule has 0 saturated heterocycles. The molecule has 12 heavy (non-hydrogen) atoms. The van der Waals surface area contributed by atoms with Crippen molar-refractivity contribution in [2.24, 2.45) is 17.8 Å². The Hall–Kier alpha value is 0.270. The largest absolute Gasteiger partial charge is 0.0932 e. The Balaban J connectivity index is 2.57. The van der Waals surface area contributed by atoms with E-state index in [0.29, 0.717) is 17.8 Å². The molecule has 0 aromatic carbocycles. The highest BCUT2D eigenvalue weighted by atomic mass is 32.1. The summed E-state index contributed by atoms with van der Waals surface area (Å²) in [6.07, 6.45) is 3.39. The molecule has 0 radical (unpaired) electrons. The maximum atomic E-state index is 4.95. The summed E-state index contributed by atoms with van der Waals surface area (Å²) in [6.45, 7) is 0. The first-order valence-electron chi connectivity index (χ1n) is 4.16. The molecule has 1 rings (SSSR count). The minimum Gasteiger partial charge on any atom is -0.0932 e. The third kappa shape index (κ3) is 2.64. The Kier molecular flexibility index (Phi) is 4.40. The average Bonchev–Trinajstić information content (AvgIpc) is 2.16. The molecule has 0 aliphatic heterocycles. The minimum absolute atomic E-state index is 0.544. The van der Waals surface area contributed by atoms with Crippen molar-refractivity contribution in [3.05, 3.63) is 0 Å². The summed E-state index contributed by atoms with van der Waals surface area (Å²) in [5.41, 5.74) is 0. The Morgan fingerprint density at radius 2 is 0.917 bits per heavy atom. The van der Waals surface area contributed by atoms with Crippen LogP contribution in [0.1, 0.15) is 19.3 Å². The molecule has 0 unspecified atom stereocenters. The Morgan fingerprint density at radius 3 is 1.08 bits per heavy atom. The van der Waals surface area contributed by atoms with Gasteiger partial charge in [-0.3, -0.25) is 0 Å². The van der Waals surface area contributed by atoms with E-state index in [2.05, 4.69) is 0 Å². The fourth-order valence-electron chi connectivity index (χ4n) is 1.79. The van der Waals surface area contributed by atoms with Gasteiger partial charge in [0.2, 0.25) is 0 Å². The van der Waals surface area contributed by atoms with Crippen molar-refractivity contribution in [1.82, 2.24) is 0 Å². The van der Waals surface area contributed by atoms with Gasteiger partial charge in [0, 0.05) is 0 Å². The molecule has 1 fully saturated rings. The maximum Gasteiger partial charge on any atom is -0.0117 e. The second kappa shape index (κ2) is 5.10. The van der Waals surface area contributed by atoms with Crippen molar-refractivity contribution >= 4 is 52.8 Å². The topological polar surface area (TPSA) is 0 Å². The van der Waals surface area contributed by atoms with Crippen molar-refractivity contribution in [2.45, 2.75) is 19.3 Å². The van der Waals surface area contributed by atoms with Crippen LogP contribution in [-0.2, 0) is 0 Å². The van der Waals surface area contributed by atoms with Crippen LogP contribution < -0.4 is 0 Å². The zero-order chi connectivity index (χ0) is 8.97. The molecule has 0 heterocycles. The van der Waals surface area contributed by atoms with E-state index in [1.807, 2.05) is 16.1 Å². The van der Waals surface area contributed by atoms with Crippen LogP contribution in [-0.4, -0.2) is 16.1 Å². The zero-order valence-corrected chi connectivity index (χ0v) is 9.26. The van der Waals surface area contributed by atoms with Crippen LogP contribution in [0, 0.1) is 17.8 Å². The monoisotopic (exact) mass is 216 g/mol. The number of hydrogen-bond donors (Lipinski definition) is 0. The standard InChI is InChI=1S/C9H12S3/c10-4-7-1-8(5-11)3-9(2-7)6-12/h4-9H,1-3H2. The molecule has 66 valence electrons. The minimum atomic E-state index is 0.544. The second-order valence-electron chi connectivity index (χ2n) is 3.40. The second-order valence-corrected chi connectivity index (χ2v) is 4.21. The molecule has 0 aromatic heterocycles. The Bertz CT molecular complexity index is 149. The zero-order valence-electron chi connectivity index (χ0n) is 6.81. The van der Waals surface area contributed by atoms with Gasteiger partial charge in [0.1, 0.15) is 0 Å². The van der Waals surface area contributed by atoms with E-state index in [1.54, 1.807) is 0 Å². The fourth-order valence-corrected chi connectivity index (χ4v) is 2.46. The molecule has 0 bridgehead atoms. The van der Waals surface area contributed by atoms with Gasteiger partial charge < -0.3 is 0 Å². The molecule has 0 atom stereocenters. The molecular weight excluding hydrogens is 204 g/mol. The molecule has 0 spiro atoms. The molecule has 0 nitrogen and oxygen atoms in total. The van der Waals surface area contributed by atoms with Crippen molar-refractivity contribution in [2.75, 3.05) is 0 Å². The molecule has 1 aliphatic carbocycles. The summed E-state index contributed by atoms with van der Waals surface area (Å²) >= 11 is 14.9. The average molecular weight is 216 g/mol. The highest BCUT2D eigenvalue weighted by Gasteiger charge is 2.24. The van der Waals surface area contributed by atoms with Gasteiger partial charge in [-0.25, -0.2) is 0 Å². The summed E-state index contributed by atoms with van der Waals surface area (Å²) in [7, 11) is 0. The van der Waals surface area contributed by atoms with Crippen LogP contribution in [0.4, 0.5) is 0 Å². The van der Waals surface area contributed by atoms with E-state index in [9.17, 15) is 0 Å². The summed E-state index contributed by atoms with van der Waals surface area (Å²) in [6, 6.07) is 0. The summed E-state index contributed by atoms with van der Waals surface area (Å²) in [5, 5.41) is 5.62. The van der Waals surface area contributed by atoms with Gasteiger partial charge >= 0.3 is 0 Å². The predicted octanol–water partition coefficient (Wildman–Crippen LogP) is 3.02. The number of thiocarbonyl (C=S) groups is 3. The molecular formula is C9H12S3. The molecule has 3 heteroatoms. The Morgan fingerprint density at radius 1 is 0.667 bits per heavy atom. The van der Waals surface area contributed by atoms with E-state index >= 15 is 0 Å². The lowest BCUT2D eigenvalue weighted by atomic mass is 9.77. The first kappa shape index (κ1) is 10.4. The molecule has 1 saturated carbocycles. The van der Waals surface area contributed by atoms with E-state index in [1.165, 1.54) is 0 Å². The lowest BCUT2D eigenvalue weighted by Gasteiger charge is -2.28. The maximum absolute atomic E-state index is 4.95. The summed E-state index contributed by atoms with van der Waals surface area (Å²) in [5.74, 6) is 1.63. The van der Waals surface area contributed by atoms with Gasteiger partial charge in [-0.1, -0.05) is 36.7 Å². The van der Waals surface area contributed by atoms with E-state index in [4.69, 9.17) is 36.7 Å². The van der Waals surface area contributed by atoms with Gasteiger partial charge in [0.15, 0.2) is 0 Å². The third-order valence-electron chi connectivity index (χ3n) is 2.39. The SMILES string of the molecule is S=CC1CC(C=S)CC(C=S)C1. The summed E-state index contributed by atoms with van der Waals surface area (Å²) in [4.78, 5) is 0. The van der Waals surface area contributed by atoms with Gasteiger partial charge in [-0.2, -0.15) is 0 Å². The summed E-state index contributed by atoms with van der Waals surface area (Å²) < 4.78 is 0. The lowest BCUT2D eigenvalue weighted by Crippen LogP contribution is -2.24. The Labute approximate surface area is 89.7 Å². The first-order chi connectivity index (χ1) is 5.80. The fraction of sp³-hybridized carbons (Fsp3) is 0.667. The van der Waals surface area contributed by atoms with E-state index in [0.717, 1.165) is 19.3 Å². The smallest absolute Gasteiger partial charge is 0.0117 e. The molecule has 0 amide bonds. The number of rotatable bonds is 3. The highest BCUT2D eigenvalue weighted by molar-refractivity contribution is 7.79.